The molecule has 0 aliphatic heterocycles. The molecule has 0 fully saturated rings. The largest absolute Gasteiger partial charge is 0.506 e. The number of carboxylic acids is 1. The lowest BCUT2D eigenvalue weighted by Gasteiger charge is -2.14. The number of ether oxygens (including phenoxy) is 1. The summed E-state index contributed by atoms with van der Waals surface area (Å²) in [5.74, 6) is 0.549. The summed E-state index contributed by atoms with van der Waals surface area (Å²) < 4.78 is 29.1. The molecule has 2 aromatic rings. The maximum absolute atomic E-state index is 10.9. The Morgan fingerprint density at radius 2 is 1.60 bits per heavy atom. The van der Waals surface area contributed by atoms with E-state index in [1.807, 2.05) is 12.1 Å². The van der Waals surface area contributed by atoms with Gasteiger partial charge in [-0.3, -0.25) is 4.79 Å². The normalized spacial score (nSPS) is 12.2. The van der Waals surface area contributed by atoms with Crippen LogP contribution in [0, 0.1) is 14.3 Å². The summed E-state index contributed by atoms with van der Waals surface area (Å²) in [7, 11) is 0. The molecule has 0 aliphatic carbocycles. The molecule has 0 aliphatic rings. The molecular formula is C16H19I4NO4. The van der Waals surface area contributed by atoms with Gasteiger partial charge >= 0.3 is 5.97 Å². The lowest BCUT2D eigenvalue weighted by Crippen LogP contribution is -2.32. The van der Waals surface area contributed by atoms with Gasteiger partial charge in [-0.1, -0.05) is 7.43 Å². The molecule has 2 aromatic carbocycles. The molecule has 9 heteroatoms. The van der Waals surface area contributed by atoms with Gasteiger partial charge in [0.05, 0.1) is 14.3 Å². The van der Waals surface area contributed by atoms with Crippen LogP contribution in [0.4, 0.5) is 0 Å². The highest BCUT2D eigenvalue weighted by Gasteiger charge is 2.16. The van der Waals surface area contributed by atoms with E-state index >= 15 is 0 Å². The Morgan fingerprint density at radius 3 is 2.04 bits per heavy atom. The second-order valence-corrected chi connectivity index (χ2v) is 9.52. The monoisotopic (exact) mass is 805 g/mol. The fraction of sp³-hybridized carbons (Fsp3) is 0.188. The Balaban J connectivity index is 0. The van der Waals surface area contributed by atoms with Gasteiger partial charge in [0.25, 0.3) is 0 Å². The number of nitrogens with two attached hydrogens (primary N) is 1. The van der Waals surface area contributed by atoms with Crippen LogP contribution in [0.2, 0.25) is 0 Å². The summed E-state index contributed by atoms with van der Waals surface area (Å²) in [6, 6.07) is 6.34. The molecule has 0 bridgehead atoms. The minimum absolute atomic E-state index is 0. The summed E-state index contributed by atoms with van der Waals surface area (Å²) in [5, 5.41) is 18.8. The van der Waals surface area contributed by atoms with E-state index < -0.39 is 12.0 Å². The number of carbonyl (C=O) groups is 1. The van der Waals surface area contributed by atoms with Crippen LogP contribution >= 0.6 is 90.4 Å². The molecule has 0 radical (unpaired) electrons. The van der Waals surface area contributed by atoms with Crippen molar-refractivity contribution < 1.29 is 25.7 Å². The number of benzene rings is 2. The van der Waals surface area contributed by atoms with E-state index in [0.717, 1.165) is 12.7 Å². The Bertz CT molecular complexity index is 768. The fourth-order valence-corrected chi connectivity index (χ4v) is 5.72. The lowest BCUT2D eigenvalue weighted by atomic mass is 10.1. The Labute approximate surface area is 206 Å². The van der Waals surface area contributed by atoms with Crippen molar-refractivity contribution in [2.45, 2.75) is 19.9 Å². The molecule has 0 spiro atoms. The van der Waals surface area contributed by atoms with Gasteiger partial charge in [-0.25, -0.2) is 0 Å². The van der Waals surface area contributed by atoms with Gasteiger partial charge in [0, 0.05) is 5.94 Å². The molecule has 0 heterocycles. The summed E-state index contributed by atoms with van der Waals surface area (Å²) >= 11 is 8.42. The van der Waals surface area contributed by atoms with E-state index in [1.54, 1.807) is 12.1 Å². The maximum atomic E-state index is 10.9. The van der Waals surface area contributed by atoms with Crippen LogP contribution in [-0.4, -0.2) is 22.2 Å². The van der Waals surface area contributed by atoms with Crippen molar-refractivity contribution >= 4 is 96.3 Å². The molecule has 0 amide bonds. The van der Waals surface area contributed by atoms with Crippen molar-refractivity contribution in [2.75, 3.05) is 0 Å². The van der Waals surface area contributed by atoms with E-state index in [4.69, 9.17) is 21.5 Å². The van der Waals surface area contributed by atoms with Crippen LogP contribution in [0.3, 0.4) is 0 Å². The van der Waals surface area contributed by atoms with Crippen molar-refractivity contribution in [3.63, 3.8) is 0 Å². The van der Waals surface area contributed by atoms with Crippen molar-refractivity contribution in [3.8, 4) is 17.2 Å². The number of phenolic OH excluding ortho intramolecular Hbond substituents is 1. The molecular weight excluding hydrogens is 778 g/mol. The third-order valence-corrected chi connectivity index (χ3v) is 6.29. The van der Waals surface area contributed by atoms with Crippen molar-refractivity contribution in [3.05, 3.63) is 44.1 Å². The van der Waals surface area contributed by atoms with E-state index in [1.165, 1.54) is 0 Å². The molecule has 1 unspecified atom stereocenters. The predicted octanol–water partition coefficient (Wildman–Crippen LogP) is 5.69. The average Bonchev–Trinajstić information content (AvgIpc) is 2.65. The van der Waals surface area contributed by atoms with Gasteiger partial charge in [-0.05, 0) is 127 Å². The zero-order valence-corrected chi connectivity index (χ0v) is 20.5. The third-order valence-electron chi connectivity index (χ3n) is 3.04. The number of phenols is 1. The highest BCUT2D eigenvalue weighted by atomic mass is 127. The average molecular weight is 805 g/mol. The van der Waals surface area contributed by atoms with Crippen LogP contribution in [0.25, 0.3) is 0 Å². The number of halogens is 4. The van der Waals surface area contributed by atoms with Crippen molar-refractivity contribution in [1.29, 1.82) is 0 Å². The zero-order valence-electron chi connectivity index (χ0n) is 15.9. The highest BCUT2D eigenvalue weighted by molar-refractivity contribution is 14.1. The van der Waals surface area contributed by atoms with E-state index in [2.05, 4.69) is 90.4 Å². The Kier molecular flexibility index (Phi) is 8.11. The van der Waals surface area contributed by atoms with Gasteiger partial charge < -0.3 is 20.7 Å². The third kappa shape index (κ3) is 6.21. The van der Waals surface area contributed by atoms with Crippen molar-refractivity contribution in [1.82, 2.24) is 0 Å². The molecule has 0 saturated heterocycles. The topological polar surface area (TPSA) is 92.8 Å². The standard InChI is InChI=1S/C15H11I4NO4.CH4.2H2/c16-8-4-7(5-9(17)13(8)21)24-14-10(18)1-6(2-11(14)19)3-12(20)15(22)23;;;/h1-2,4-5,12,21H,3,20H2,(H,22,23);1H4;2*1H/i;;2*1+2T. The Morgan fingerprint density at radius 1 is 1.12 bits per heavy atom. The number of aromatic hydroxyl groups is 1. The first kappa shape index (κ1) is 20.1. The van der Waals surface area contributed by atoms with Gasteiger partial charge in [-0.2, -0.15) is 0 Å². The van der Waals surface area contributed by atoms with Gasteiger partial charge in [0.2, 0.25) is 0 Å². The summed E-state index contributed by atoms with van der Waals surface area (Å²) in [6.45, 7) is 0. The minimum Gasteiger partial charge on any atom is -0.506 e. The van der Waals surface area contributed by atoms with E-state index in [9.17, 15) is 9.90 Å². The van der Waals surface area contributed by atoms with Gasteiger partial charge in [0.1, 0.15) is 17.5 Å². The number of aliphatic carboxylic acids is 1. The molecule has 25 heavy (non-hydrogen) atoms. The second-order valence-electron chi connectivity index (χ2n) is 4.88. The number of carboxylic acid groups (broad SMARTS) is 1. The number of hydrogen-bond acceptors (Lipinski definition) is 4. The first-order valence-corrected chi connectivity index (χ1v) is 10.8. The molecule has 5 nitrogen and oxygen atoms in total. The van der Waals surface area contributed by atoms with Crippen LogP contribution in [-0.2, 0) is 11.2 Å². The van der Waals surface area contributed by atoms with Crippen LogP contribution in [0.5, 0.6) is 17.2 Å². The highest BCUT2D eigenvalue weighted by Crippen LogP contribution is 2.36. The van der Waals surface area contributed by atoms with E-state index in [0.29, 0.717) is 18.6 Å². The molecule has 4 N–H and O–H groups in total. The maximum Gasteiger partial charge on any atom is 0.320 e. The SMILES string of the molecule is C.NC(Cc1cc(I)c(Oc2cc(I)c(O)c(I)c2)c(I)c1)C(=O)O.[3H][3H].[3H][3H]. The fourth-order valence-electron chi connectivity index (χ4n) is 1.89. The minimum atomic E-state index is -1.02. The predicted molar refractivity (Wildman–Crippen MR) is 136 cm³/mol. The van der Waals surface area contributed by atoms with Crippen LogP contribution in [0.1, 0.15) is 18.9 Å². The van der Waals surface area contributed by atoms with Crippen LogP contribution < -0.4 is 10.5 Å². The van der Waals surface area contributed by atoms with E-state index in [-0.39, 0.29) is 19.6 Å². The summed E-state index contributed by atoms with van der Waals surface area (Å²) in [6.07, 6.45) is 0.261. The molecule has 1 atom stereocenters. The first-order chi connectivity index (χ1) is 13.2. The number of hydrogen-bond donors (Lipinski definition) is 3. The molecule has 0 saturated carbocycles. The lowest BCUT2D eigenvalue weighted by molar-refractivity contribution is -0.138. The zero-order chi connectivity index (χ0) is 22.0. The molecule has 140 valence electrons. The van der Waals surface area contributed by atoms with Crippen LogP contribution in [0.15, 0.2) is 24.3 Å². The Hall–Kier alpha value is 0.390. The smallest absolute Gasteiger partial charge is 0.320 e. The van der Waals surface area contributed by atoms with Gasteiger partial charge in [0.15, 0.2) is 5.75 Å². The quantitative estimate of drug-likeness (QED) is 0.339. The summed E-state index contributed by atoms with van der Waals surface area (Å²) in [5.41, 5.74) is 6.44. The first-order valence-electron chi connectivity index (χ1n) is 8.51. The number of rotatable bonds is 5. The summed E-state index contributed by atoms with van der Waals surface area (Å²) in [4.78, 5) is 10.9. The molecule has 2 rings (SSSR count). The van der Waals surface area contributed by atoms with Gasteiger partial charge in [-0.15, -0.1) is 0 Å². The van der Waals surface area contributed by atoms with Crippen molar-refractivity contribution in [2.24, 2.45) is 5.73 Å². The second kappa shape index (κ2) is 10.1. The molecule has 0 aromatic heterocycles.